The van der Waals surface area contributed by atoms with Crippen molar-refractivity contribution in [3.05, 3.63) is 20.8 Å². The number of hydrogen-bond acceptors (Lipinski definition) is 3. The summed E-state index contributed by atoms with van der Waals surface area (Å²) in [6, 6.07) is 2.05. The van der Waals surface area contributed by atoms with Gasteiger partial charge in [0.2, 0.25) is 0 Å². The van der Waals surface area contributed by atoms with Crippen LogP contribution in [0, 0.1) is 0 Å². The van der Waals surface area contributed by atoms with Gasteiger partial charge in [0.1, 0.15) is 5.78 Å². The second-order valence-corrected chi connectivity index (χ2v) is 5.05. The average molecular weight is 260 g/mol. The first-order valence-electron chi connectivity index (χ1n) is 4.21. The Morgan fingerprint density at radius 2 is 2.46 bits per heavy atom. The molecule has 4 heteroatoms. The van der Waals surface area contributed by atoms with E-state index in [1.807, 2.05) is 0 Å². The highest BCUT2D eigenvalue weighted by Crippen LogP contribution is 2.24. The SMILES string of the molecule is O=C1CCN(Cc2sccc2Br)C1. The number of likely N-dealkylation sites (tertiary alicyclic amines) is 1. The lowest BCUT2D eigenvalue weighted by Crippen LogP contribution is -2.19. The minimum atomic E-state index is 0.368. The summed E-state index contributed by atoms with van der Waals surface area (Å²) >= 11 is 5.23. The molecule has 1 aromatic heterocycles. The first-order chi connectivity index (χ1) is 6.25. The Morgan fingerprint density at radius 1 is 1.62 bits per heavy atom. The van der Waals surface area contributed by atoms with E-state index < -0.39 is 0 Å². The van der Waals surface area contributed by atoms with Gasteiger partial charge in [-0.1, -0.05) is 0 Å². The topological polar surface area (TPSA) is 20.3 Å². The van der Waals surface area contributed by atoms with Gasteiger partial charge in [0.25, 0.3) is 0 Å². The van der Waals surface area contributed by atoms with E-state index in [-0.39, 0.29) is 0 Å². The van der Waals surface area contributed by atoms with Crippen LogP contribution in [0.15, 0.2) is 15.9 Å². The molecule has 0 aromatic carbocycles. The molecule has 70 valence electrons. The van der Waals surface area contributed by atoms with Crippen LogP contribution in [0.25, 0.3) is 0 Å². The van der Waals surface area contributed by atoms with E-state index >= 15 is 0 Å². The van der Waals surface area contributed by atoms with Crippen molar-refractivity contribution in [2.45, 2.75) is 13.0 Å². The van der Waals surface area contributed by atoms with Gasteiger partial charge in [-0.15, -0.1) is 11.3 Å². The van der Waals surface area contributed by atoms with Crippen molar-refractivity contribution in [1.29, 1.82) is 0 Å². The van der Waals surface area contributed by atoms with Crippen molar-refractivity contribution in [2.75, 3.05) is 13.1 Å². The van der Waals surface area contributed by atoms with Crippen LogP contribution in [-0.2, 0) is 11.3 Å². The monoisotopic (exact) mass is 259 g/mol. The number of carbonyl (C=O) groups excluding carboxylic acids is 1. The van der Waals surface area contributed by atoms with Crippen LogP contribution < -0.4 is 0 Å². The zero-order chi connectivity index (χ0) is 9.26. The lowest BCUT2D eigenvalue weighted by atomic mass is 10.4. The third kappa shape index (κ3) is 2.18. The van der Waals surface area contributed by atoms with E-state index in [2.05, 4.69) is 32.3 Å². The summed E-state index contributed by atoms with van der Waals surface area (Å²) in [5.74, 6) is 0.368. The van der Waals surface area contributed by atoms with E-state index in [4.69, 9.17) is 0 Å². The van der Waals surface area contributed by atoms with Gasteiger partial charge < -0.3 is 0 Å². The minimum Gasteiger partial charge on any atom is -0.298 e. The van der Waals surface area contributed by atoms with Gasteiger partial charge in [-0.05, 0) is 27.4 Å². The van der Waals surface area contributed by atoms with Crippen LogP contribution in [-0.4, -0.2) is 23.8 Å². The quantitative estimate of drug-likeness (QED) is 0.813. The number of halogens is 1. The van der Waals surface area contributed by atoms with Crippen molar-refractivity contribution < 1.29 is 4.79 Å². The summed E-state index contributed by atoms with van der Waals surface area (Å²) in [5.41, 5.74) is 0. The molecule has 1 aliphatic rings. The Kier molecular flexibility index (Phi) is 2.81. The molecule has 0 unspecified atom stereocenters. The summed E-state index contributed by atoms with van der Waals surface area (Å²) in [6.45, 7) is 2.46. The average Bonchev–Trinajstić information content (AvgIpc) is 2.64. The Bertz CT molecular complexity index is 323. The van der Waals surface area contributed by atoms with Gasteiger partial charge in [-0.2, -0.15) is 0 Å². The summed E-state index contributed by atoms with van der Waals surface area (Å²) in [7, 11) is 0. The molecule has 1 fully saturated rings. The number of ketones is 1. The standard InChI is InChI=1S/C9H10BrNOS/c10-8-2-4-13-9(8)6-11-3-1-7(12)5-11/h2,4H,1,3,5-6H2. The number of thiophene rings is 1. The predicted octanol–water partition coefficient (Wildman–Crippen LogP) is 2.29. The Hall–Kier alpha value is -0.190. The highest BCUT2D eigenvalue weighted by Gasteiger charge is 2.19. The fraction of sp³-hybridized carbons (Fsp3) is 0.444. The van der Waals surface area contributed by atoms with Gasteiger partial charge in [0.05, 0.1) is 6.54 Å². The second kappa shape index (κ2) is 3.90. The van der Waals surface area contributed by atoms with Crippen molar-refractivity contribution in [2.24, 2.45) is 0 Å². The molecular weight excluding hydrogens is 250 g/mol. The van der Waals surface area contributed by atoms with Gasteiger partial charge in [-0.25, -0.2) is 0 Å². The van der Waals surface area contributed by atoms with Crippen LogP contribution in [0.2, 0.25) is 0 Å². The van der Waals surface area contributed by atoms with Gasteiger partial charge in [0.15, 0.2) is 0 Å². The van der Waals surface area contributed by atoms with E-state index in [0.717, 1.165) is 24.0 Å². The highest BCUT2D eigenvalue weighted by atomic mass is 79.9. The van der Waals surface area contributed by atoms with E-state index in [9.17, 15) is 4.79 Å². The number of nitrogens with zero attached hydrogens (tertiary/aromatic N) is 1. The molecule has 13 heavy (non-hydrogen) atoms. The molecule has 0 aliphatic carbocycles. The van der Waals surface area contributed by atoms with E-state index in [0.29, 0.717) is 12.3 Å². The molecule has 1 aliphatic heterocycles. The summed E-state index contributed by atoms with van der Waals surface area (Å²) in [6.07, 6.45) is 0.725. The van der Waals surface area contributed by atoms with Crippen molar-refractivity contribution in [3.63, 3.8) is 0 Å². The Balaban J connectivity index is 1.99. The normalized spacial score (nSPS) is 18.4. The lowest BCUT2D eigenvalue weighted by molar-refractivity contribution is -0.116. The van der Waals surface area contributed by atoms with E-state index in [1.165, 1.54) is 4.88 Å². The summed E-state index contributed by atoms with van der Waals surface area (Å²) < 4.78 is 1.16. The molecule has 1 saturated heterocycles. The molecule has 0 radical (unpaired) electrons. The smallest absolute Gasteiger partial charge is 0.148 e. The van der Waals surface area contributed by atoms with Gasteiger partial charge in [0, 0.05) is 28.9 Å². The van der Waals surface area contributed by atoms with Crippen LogP contribution in [0.1, 0.15) is 11.3 Å². The maximum absolute atomic E-state index is 11.0. The van der Waals surface area contributed by atoms with Crippen LogP contribution >= 0.6 is 27.3 Å². The number of carbonyl (C=O) groups is 1. The van der Waals surface area contributed by atoms with Crippen molar-refractivity contribution in [1.82, 2.24) is 4.90 Å². The highest BCUT2D eigenvalue weighted by molar-refractivity contribution is 9.10. The third-order valence-corrected chi connectivity index (χ3v) is 4.08. The first-order valence-corrected chi connectivity index (χ1v) is 5.89. The molecular formula is C9H10BrNOS. The van der Waals surface area contributed by atoms with Crippen molar-refractivity contribution >= 4 is 33.0 Å². The Morgan fingerprint density at radius 3 is 3.00 bits per heavy atom. The number of hydrogen-bond donors (Lipinski definition) is 0. The number of rotatable bonds is 2. The molecule has 0 spiro atoms. The van der Waals surface area contributed by atoms with Gasteiger partial charge in [-0.3, -0.25) is 9.69 Å². The molecule has 0 saturated carbocycles. The molecule has 0 N–H and O–H groups in total. The predicted molar refractivity (Wildman–Crippen MR) is 56.9 cm³/mol. The molecule has 0 bridgehead atoms. The zero-order valence-electron chi connectivity index (χ0n) is 7.12. The van der Waals surface area contributed by atoms with Crippen LogP contribution in [0.5, 0.6) is 0 Å². The zero-order valence-corrected chi connectivity index (χ0v) is 9.53. The molecule has 2 heterocycles. The number of Topliss-reactive ketones (excluding diaryl/α,β-unsaturated/α-hetero) is 1. The maximum atomic E-state index is 11.0. The fourth-order valence-corrected chi connectivity index (χ4v) is 2.99. The third-order valence-electron chi connectivity index (χ3n) is 2.17. The molecule has 2 nitrogen and oxygen atoms in total. The molecule has 0 amide bonds. The van der Waals surface area contributed by atoms with Crippen LogP contribution in [0.4, 0.5) is 0 Å². The van der Waals surface area contributed by atoms with Crippen LogP contribution in [0.3, 0.4) is 0 Å². The van der Waals surface area contributed by atoms with Crippen molar-refractivity contribution in [3.8, 4) is 0 Å². The molecule has 2 rings (SSSR count). The van der Waals surface area contributed by atoms with Gasteiger partial charge >= 0.3 is 0 Å². The van der Waals surface area contributed by atoms with E-state index in [1.54, 1.807) is 11.3 Å². The Labute approximate surface area is 89.7 Å². The largest absolute Gasteiger partial charge is 0.298 e. The molecule has 0 atom stereocenters. The lowest BCUT2D eigenvalue weighted by Gasteiger charge is -2.11. The maximum Gasteiger partial charge on any atom is 0.148 e. The minimum absolute atomic E-state index is 0.368. The first kappa shape index (κ1) is 9.37. The second-order valence-electron chi connectivity index (χ2n) is 3.19. The fourth-order valence-electron chi connectivity index (χ4n) is 1.47. The summed E-state index contributed by atoms with van der Waals surface area (Å²) in [4.78, 5) is 14.5. The summed E-state index contributed by atoms with van der Waals surface area (Å²) in [5, 5.41) is 2.07. The molecule has 1 aromatic rings.